The molecule has 1 aliphatic rings. The second-order valence-electron chi connectivity index (χ2n) is 1.63. The fourth-order valence-corrected chi connectivity index (χ4v) is 0.521. The van der Waals surface area contributed by atoms with Crippen LogP contribution in [0.15, 0.2) is 11.6 Å². The predicted octanol–water partition coefficient (Wildman–Crippen LogP) is 0.905. The van der Waals surface area contributed by atoms with E-state index in [0.29, 0.717) is 6.42 Å². The Hall–Kier alpha value is -0.590. The van der Waals surface area contributed by atoms with Crippen molar-refractivity contribution >= 4 is 5.78 Å². The molecule has 0 aromatic carbocycles. The summed E-state index contributed by atoms with van der Waals surface area (Å²) in [5.41, 5.74) is 1.21. The van der Waals surface area contributed by atoms with Crippen molar-refractivity contribution < 1.29 is 4.79 Å². The van der Waals surface area contributed by atoms with E-state index in [9.17, 15) is 4.79 Å². The summed E-state index contributed by atoms with van der Waals surface area (Å²) in [4.78, 5) is 10.0. The van der Waals surface area contributed by atoms with E-state index in [1.807, 2.05) is 6.92 Å². The Kier molecular flexibility index (Phi) is 0.560. The number of hydrogen-bond acceptors (Lipinski definition) is 1. The van der Waals surface area contributed by atoms with E-state index < -0.39 is 0 Å². The van der Waals surface area contributed by atoms with Crippen LogP contribution in [-0.4, -0.2) is 5.78 Å². The average Bonchev–Trinajstić information content (AvgIpc) is 1.33. The number of allylic oxidation sites excluding steroid dienone is 2. The lowest BCUT2D eigenvalue weighted by Gasteiger charge is -2.04. The molecule has 6 heavy (non-hydrogen) atoms. The molecule has 0 saturated carbocycles. The SMILES string of the molecule is CC1=CC(=O)C1. The van der Waals surface area contributed by atoms with E-state index in [1.54, 1.807) is 6.08 Å². The lowest BCUT2D eigenvalue weighted by atomic mass is 10.0. The van der Waals surface area contributed by atoms with E-state index in [1.165, 1.54) is 5.57 Å². The van der Waals surface area contributed by atoms with Crippen LogP contribution in [0.4, 0.5) is 0 Å². The zero-order valence-electron chi connectivity index (χ0n) is 3.69. The van der Waals surface area contributed by atoms with Crippen molar-refractivity contribution in [2.24, 2.45) is 0 Å². The first-order chi connectivity index (χ1) is 2.79. The van der Waals surface area contributed by atoms with Crippen LogP contribution in [0.1, 0.15) is 13.3 Å². The molecule has 0 heterocycles. The third-order valence-electron chi connectivity index (χ3n) is 0.860. The summed E-state index contributed by atoms with van der Waals surface area (Å²) in [5, 5.41) is 0. The molecule has 0 aromatic heterocycles. The lowest BCUT2D eigenvalue weighted by molar-refractivity contribution is -0.115. The highest BCUT2D eigenvalue weighted by Gasteiger charge is 2.07. The maximum Gasteiger partial charge on any atom is 0.159 e. The van der Waals surface area contributed by atoms with Crippen LogP contribution in [0.2, 0.25) is 0 Å². The van der Waals surface area contributed by atoms with Gasteiger partial charge in [0.05, 0.1) is 0 Å². The van der Waals surface area contributed by atoms with Gasteiger partial charge in [0.1, 0.15) is 0 Å². The Morgan fingerprint density at radius 1 is 1.83 bits per heavy atom. The first-order valence-corrected chi connectivity index (χ1v) is 1.99. The molecule has 1 heteroatoms. The molecule has 0 bridgehead atoms. The molecular formula is C5H6O. The maximum atomic E-state index is 10.0. The van der Waals surface area contributed by atoms with E-state index >= 15 is 0 Å². The van der Waals surface area contributed by atoms with Gasteiger partial charge in [0.15, 0.2) is 5.78 Å². The molecule has 1 rings (SSSR count). The Balaban J connectivity index is 2.68. The summed E-state index contributed by atoms with van der Waals surface area (Å²) in [6.45, 7) is 1.96. The molecular weight excluding hydrogens is 76.1 g/mol. The fraction of sp³-hybridized carbons (Fsp3) is 0.400. The zero-order valence-corrected chi connectivity index (χ0v) is 3.69. The second-order valence-corrected chi connectivity index (χ2v) is 1.63. The molecule has 1 aliphatic carbocycles. The molecule has 0 amide bonds. The first kappa shape index (κ1) is 3.59. The fourth-order valence-electron chi connectivity index (χ4n) is 0.521. The van der Waals surface area contributed by atoms with Gasteiger partial charge in [-0.3, -0.25) is 4.79 Å². The lowest BCUT2D eigenvalue weighted by Crippen LogP contribution is -2.04. The first-order valence-electron chi connectivity index (χ1n) is 1.99. The Labute approximate surface area is 36.7 Å². The standard InChI is InChI=1S/C5H6O/c1-4-2-5(6)3-4/h2H,3H2,1H3. The number of ketones is 1. The third-order valence-corrected chi connectivity index (χ3v) is 0.860. The highest BCUT2D eigenvalue weighted by molar-refractivity contribution is 5.98. The summed E-state index contributed by atoms with van der Waals surface area (Å²) >= 11 is 0. The van der Waals surface area contributed by atoms with E-state index in [4.69, 9.17) is 0 Å². The highest BCUT2D eigenvalue weighted by atomic mass is 16.1. The van der Waals surface area contributed by atoms with E-state index in [-0.39, 0.29) is 5.78 Å². The number of hydrogen-bond donors (Lipinski definition) is 0. The molecule has 0 fully saturated rings. The summed E-state index contributed by atoms with van der Waals surface area (Å²) in [5.74, 6) is 0.271. The van der Waals surface area contributed by atoms with Crippen molar-refractivity contribution in [3.8, 4) is 0 Å². The highest BCUT2D eigenvalue weighted by Crippen LogP contribution is 2.11. The third kappa shape index (κ3) is 0.361. The van der Waals surface area contributed by atoms with Crippen LogP contribution in [0, 0.1) is 0 Å². The van der Waals surface area contributed by atoms with Gasteiger partial charge in [-0.25, -0.2) is 0 Å². The molecule has 0 unspecified atom stereocenters. The van der Waals surface area contributed by atoms with Gasteiger partial charge in [-0.15, -0.1) is 0 Å². The molecule has 0 spiro atoms. The van der Waals surface area contributed by atoms with Gasteiger partial charge in [0, 0.05) is 6.42 Å². The van der Waals surface area contributed by atoms with E-state index in [2.05, 4.69) is 0 Å². The Morgan fingerprint density at radius 3 is 2.33 bits per heavy atom. The average molecular weight is 82.1 g/mol. The second kappa shape index (κ2) is 0.934. The normalized spacial score (nSPS) is 19.5. The van der Waals surface area contributed by atoms with Crippen LogP contribution < -0.4 is 0 Å². The van der Waals surface area contributed by atoms with Crippen LogP contribution in [0.3, 0.4) is 0 Å². The van der Waals surface area contributed by atoms with Crippen LogP contribution in [0.5, 0.6) is 0 Å². The summed E-state index contributed by atoms with van der Waals surface area (Å²) in [7, 11) is 0. The van der Waals surface area contributed by atoms with Crippen LogP contribution in [0.25, 0.3) is 0 Å². The smallest absolute Gasteiger partial charge is 0.159 e. The predicted molar refractivity (Wildman–Crippen MR) is 23.4 cm³/mol. The minimum Gasteiger partial charge on any atom is -0.295 e. The maximum absolute atomic E-state index is 10.0. The van der Waals surface area contributed by atoms with Gasteiger partial charge in [-0.05, 0) is 13.0 Å². The van der Waals surface area contributed by atoms with Crippen molar-refractivity contribution in [1.82, 2.24) is 0 Å². The van der Waals surface area contributed by atoms with Gasteiger partial charge >= 0.3 is 0 Å². The minimum absolute atomic E-state index is 0.271. The van der Waals surface area contributed by atoms with Gasteiger partial charge in [0.2, 0.25) is 0 Å². The summed E-state index contributed by atoms with van der Waals surface area (Å²) in [6, 6.07) is 0. The molecule has 1 nitrogen and oxygen atoms in total. The number of carbonyl (C=O) groups is 1. The van der Waals surface area contributed by atoms with Gasteiger partial charge < -0.3 is 0 Å². The largest absolute Gasteiger partial charge is 0.295 e. The molecule has 0 aromatic rings. The monoisotopic (exact) mass is 82.0 g/mol. The van der Waals surface area contributed by atoms with Gasteiger partial charge in [0.25, 0.3) is 0 Å². The Morgan fingerprint density at radius 2 is 2.33 bits per heavy atom. The van der Waals surface area contributed by atoms with Crippen molar-refractivity contribution in [2.45, 2.75) is 13.3 Å². The number of carbonyl (C=O) groups excluding carboxylic acids is 1. The van der Waals surface area contributed by atoms with Crippen molar-refractivity contribution in [1.29, 1.82) is 0 Å². The molecule has 0 aliphatic heterocycles. The molecule has 0 atom stereocenters. The minimum atomic E-state index is 0.271. The summed E-state index contributed by atoms with van der Waals surface area (Å²) < 4.78 is 0. The summed E-state index contributed by atoms with van der Waals surface area (Å²) in [6.07, 6.45) is 2.36. The van der Waals surface area contributed by atoms with Crippen LogP contribution in [-0.2, 0) is 4.79 Å². The Bertz CT molecular complexity index is 111. The van der Waals surface area contributed by atoms with Crippen molar-refractivity contribution in [2.75, 3.05) is 0 Å². The topological polar surface area (TPSA) is 17.1 Å². The van der Waals surface area contributed by atoms with Gasteiger partial charge in [-0.2, -0.15) is 0 Å². The number of rotatable bonds is 0. The molecule has 0 radical (unpaired) electrons. The zero-order chi connectivity index (χ0) is 4.57. The molecule has 0 N–H and O–H groups in total. The van der Waals surface area contributed by atoms with Gasteiger partial charge in [-0.1, -0.05) is 5.57 Å². The van der Waals surface area contributed by atoms with Crippen LogP contribution >= 0.6 is 0 Å². The van der Waals surface area contributed by atoms with E-state index in [0.717, 1.165) is 0 Å². The quantitative estimate of drug-likeness (QED) is 0.424. The molecule has 0 saturated heterocycles. The van der Waals surface area contributed by atoms with Crippen molar-refractivity contribution in [3.63, 3.8) is 0 Å². The molecule has 32 valence electrons. The van der Waals surface area contributed by atoms with Crippen molar-refractivity contribution in [3.05, 3.63) is 11.6 Å².